The first-order valence-electron chi connectivity index (χ1n) is 8.25. The fourth-order valence-electron chi connectivity index (χ4n) is 3.50. The molecule has 1 saturated heterocycles. The van der Waals surface area contributed by atoms with E-state index in [0.29, 0.717) is 31.7 Å². The van der Waals surface area contributed by atoms with Crippen LogP contribution >= 0.6 is 0 Å². The molecule has 0 spiro atoms. The van der Waals surface area contributed by atoms with Crippen LogP contribution in [0.25, 0.3) is 0 Å². The number of aliphatic carboxylic acids is 1. The molecular formula is C16H23N3O4. The maximum absolute atomic E-state index is 12.5. The highest BCUT2D eigenvalue weighted by Gasteiger charge is 2.40. The molecule has 7 nitrogen and oxygen atoms in total. The number of carbonyl (C=O) groups is 2. The van der Waals surface area contributed by atoms with Gasteiger partial charge in [0.1, 0.15) is 5.69 Å². The number of hydrogen-bond acceptors (Lipinski definition) is 4. The third-order valence-electron chi connectivity index (χ3n) is 5.06. The molecule has 0 aromatic carbocycles. The number of amides is 1. The van der Waals surface area contributed by atoms with Crippen LogP contribution < -0.4 is 5.32 Å². The molecule has 0 bridgehead atoms. The SMILES string of the molecule is O=C(NCC1(C(=O)O)CCOCC1)c1ccnn1C1CCCC1. The minimum absolute atomic E-state index is 0.125. The first kappa shape index (κ1) is 16.0. The van der Waals surface area contributed by atoms with Crippen molar-refractivity contribution in [1.29, 1.82) is 0 Å². The van der Waals surface area contributed by atoms with Gasteiger partial charge in [-0.3, -0.25) is 14.3 Å². The van der Waals surface area contributed by atoms with Gasteiger partial charge in [-0.05, 0) is 31.7 Å². The summed E-state index contributed by atoms with van der Waals surface area (Å²) in [6.07, 6.45) is 6.88. The van der Waals surface area contributed by atoms with Gasteiger partial charge in [0, 0.05) is 26.0 Å². The molecule has 0 atom stereocenters. The number of aromatic nitrogens is 2. The first-order chi connectivity index (χ1) is 11.1. The van der Waals surface area contributed by atoms with Gasteiger partial charge < -0.3 is 15.2 Å². The number of ether oxygens (including phenoxy) is 1. The molecule has 1 amide bonds. The molecule has 3 rings (SSSR count). The third kappa shape index (κ3) is 3.24. The zero-order valence-electron chi connectivity index (χ0n) is 13.2. The van der Waals surface area contributed by atoms with Crippen LogP contribution in [0, 0.1) is 5.41 Å². The van der Waals surface area contributed by atoms with Crippen LogP contribution in [-0.4, -0.2) is 46.5 Å². The first-order valence-corrected chi connectivity index (χ1v) is 8.25. The molecule has 2 aliphatic rings. The molecule has 1 saturated carbocycles. The van der Waals surface area contributed by atoms with Crippen molar-refractivity contribution in [3.8, 4) is 0 Å². The summed E-state index contributed by atoms with van der Waals surface area (Å²) in [4.78, 5) is 24.1. The number of carboxylic acids is 1. The normalized spacial score (nSPS) is 21.2. The Morgan fingerprint density at radius 2 is 2.04 bits per heavy atom. The van der Waals surface area contributed by atoms with Gasteiger partial charge in [-0.15, -0.1) is 0 Å². The molecule has 1 aromatic rings. The lowest BCUT2D eigenvalue weighted by atomic mass is 9.80. The van der Waals surface area contributed by atoms with E-state index >= 15 is 0 Å². The fourth-order valence-corrected chi connectivity index (χ4v) is 3.50. The zero-order chi connectivity index (χ0) is 16.3. The summed E-state index contributed by atoms with van der Waals surface area (Å²) in [7, 11) is 0. The number of nitrogens with zero attached hydrogens (tertiary/aromatic N) is 2. The Morgan fingerprint density at radius 3 is 2.70 bits per heavy atom. The van der Waals surface area contributed by atoms with Gasteiger partial charge in [0.2, 0.25) is 0 Å². The second-order valence-electron chi connectivity index (χ2n) is 6.48. The van der Waals surface area contributed by atoms with Gasteiger partial charge in [0.05, 0.1) is 11.5 Å². The van der Waals surface area contributed by atoms with E-state index in [0.717, 1.165) is 25.7 Å². The van der Waals surface area contributed by atoms with Gasteiger partial charge >= 0.3 is 5.97 Å². The molecule has 1 aliphatic heterocycles. The van der Waals surface area contributed by atoms with Crippen molar-refractivity contribution >= 4 is 11.9 Å². The van der Waals surface area contributed by atoms with E-state index in [-0.39, 0.29) is 18.5 Å². The Hall–Kier alpha value is -1.89. The van der Waals surface area contributed by atoms with Crippen molar-refractivity contribution in [3.05, 3.63) is 18.0 Å². The number of nitrogens with one attached hydrogen (secondary N) is 1. The van der Waals surface area contributed by atoms with Gasteiger partial charge in [-0.25, -0.2) is 0 Å². The summed E-state index contributed by atoms with van der Waals surface area (Å²) in [6.45, 7) is 0.963. The second kappa shape index (κ2) is 6.70. The standard InChI is InChI=1S/C16H23N3O4/c20-14(13-5-8-18-19(13)12-3-1-2-4-12)17-11-16(15(21)22)6-9-23-10-7-16/h5,8,12H,1-4,6-7,9-11H2,(H,17,20)(H,21,22). The van der Waals surface area contributed by atoms with Crippen molar-refractivity contribution in [2.24, 2.45) is 5.41 Å². The molecule has 0 radical (unpaired) electrons. The van der Waals surface area contributed by atoms with Crippen LogP contribution in [0.2, 0.25) is 0 Å². The fraction of sp³-hybridized carbons (Fsp3) is 0.688. The van der Waals surface area contributed by atoms with Crippen LogP contribution in [0.4, 0.5) is 0 Å². The van der Waals surface area contributed by atoms with Gasteiger partial charge in [0.25, 0.3) is 5.91 Å². The average molecular weight is 321 g/mol. The van der Waals surface area contributed by atoms with E-state index < -0.39 is 11.4 Å². The van der Waals surface area contributed by atoms with Gasteiger partial charge in [0.15, 0.2) is 0 Å². The van der Waals surface area contributed by atoms with E-state index in [2.05, 4.69) is 10.4 Å². The Labute approximate surface area is 135 Å². The van der Waals surface area contributed by atoms with Crippen LogP contribution in [0.5, 0.6) is 0 Å². The largest absolute Gasteiger partial charge is 0.481 e. The molecule has 0 unspecified atom stereocenters. The highest BCUT2D eigenvalue weighted by Crippen LogP contribution is 2.31. The van der Waals surface area contributed by atoms with Crippen molar-refractivity contribution in [2.75, 3.05) is 19.8 Å². The lowest BCUT2D eigenvalue weighted by Crippen LogP contribution is -2.46. The maximum atomic E-state index is 12.5. The zero-order valence-corrected chi connectivity index (χ0v) is 13.2. The molecule has 23 heavy (non-hydrogen) atoms. The lowest BCUT2D eigenvalue weighted by molar-refractivity contribution is -0.154. The summed E-state index contributed by atoms with van der Waals surface area (Å²) < 4.78 is 7.04. The monoisotopic (exact) mass is 321 g/mol. The van der Waals surface area contributed by atoms with E-state index in [1.165, 1.54) is 0 Å². The molecule has 1 aliphatic carbocycles. The number of carbonyl (C=O) groups excluding carboxylic acids is 1. The number of carboxylic acid groups (broad SMARTS) is 1. The van der Waals surface area contributed by atoms with E-state index in [9.17, 15) is 14.7 Å². The Bertz CT molecular complexity index is 572. The van der Waals surface area contributed by atoms with Crippen molar-refractivity contribution in [2.45, 2.75) is 44.6 Å². The molecular weight excluding hydrogens is 298 g/mol. The molecule has 2 fully saturated rings. The minimum atomic E-state index is -0.924. The van der Waals surface area contributed by atoms with Crippen LogP contribution in [-0.2, 0) is 9.53 Å². The van der Waals surface area contributed by atoms with Gasteiger partial charge in [-0.2, -0.15) is 5.10 Å². The third-order valence-corrected chi connectivity index (χ3v) is 5.06. The van der Waals surface area contributed by atoms with Crippen LogP contribution in [0.1, 0.15) is 55.1 Å². The number of hydrogen-bond donors (Lipinski definition) is 2. The molecule has 2 N–H and O–H groups in total. The smallest absolute Gasteiger partial charge is 0.311 e. The average Bonchev–Trinajstić information content (AvgIpc) is 3.23. The van der Waals surface area contributed by atoms with Crippen LogP contribution in [0.3, 0.4) is 0 Å². The summed E-state index contributed by atoms with van der Waals surface area (Å²) >= 11 is 0. The highest BCUT2D eigenvalue weighted by atomic mass is 16.5. The van der Waals surface area contributed by atoms with Gasteiger partial charge in [-0.1, -0.05) is 12.8 Å². The highest BCUT2D eigenvalue weighted by molar-refractivity contribution is 5.93. The quantitative estimate of drug-likeness (QED) is 0.859. The summed E-state index contributed by atoms with van der Waals surface area (Å²) in [6, 6.07) is 1.98. The maximum Gasteiger partial charge on any atom is 0.311 e. The molecule has 2 heterocycles. The number of rotatable bonds is 5. The Morgan fingerprint density at radius 1 is 1.35 bits per heavy atom. The van der Waals surface area contributed by atoms with Crippen LogP contribution in [0.15, 0.2) is 12.3 Å². The molecule has 1 aromatic heterocycles. The van der Waals surface area contributed by atoms with E-state index in [1.54, 1.807) is 16.9 Å². The minimum Gasteiger partial charge on any atom is -0.481 e. The van der Waals surface area contributed by atoms with Crippen molar-refractivity contribution in [3.63, 3.8) is 0 Å². The topological polar surface area (TPSA) is 93.5 Å². The Kier molecular flexibility index (Phi) is 4.66. The van der Waals surface area contributed by atoms with Crippen molar-refractivity contribution in [1.82, 2.24) is 15.1 Å². The predicted octanol–water partition coefficient (Wildman–Crippen LogP) is 1.61. The van der Waals surface area contributed by atoms with Crippen molar-refractivity contribution < 1.29 is 19.4 Å². The van der Waals surface area contributed by atoms with E-state index in [1.807, 2.05) is 0 Å². The summed E-state index contributed by atoms with van der Waals surface area (Å²) in [5, 5.41) is 16.6. The molecule has 7 heteroatoms. The second-order valence-corrected chi connectivity index (χ2v) is 6.48. The summed E-state index contributed by atoms with van der Waals surface area (Å²) in [5.74, 6) is -1.12. The molecule has 126 valence electrons. The Balaban J connectivity index is 1.67. The predicted molar refractivity (Wildman–Crippen MR) is 82.2 cm³/mol. The summed E-state index contributed by atoms with van der Waals surface area (Å²) in [5.41, 5.74) is -0.406. The van der Waals surface area contributed by atoms with E-state index in [4.69, 9.17) is 4.74 Å². The lowest BCUT2D eigenvalue weighted by Gasteiger charge is -2.33.